The van der Waals surface area contributed by atoms with Crippen molar-refractivity contribution in [2.45, 2.75) is 25.8 Å². The number of likely N-dealkylation sites (N-methyl/N-ethyl adjacent to an activating group) is 1. The number of nitrogens with zero attached hydrogens (tertiary/aromatic N) is 1. The third-order valence-electron chi connectivity index (χ3n) is 2.71. The van der Waals surface area contributed by atoms with Crippen LogP contribution in [0, 0.1) is 0 Å². The van der Waals surface area contributed by atoms with E-state index in [0.29, 0.717) is 0 Å². The third-order valence-corrected chi connectivity index (χ3v) is 2.71. The molecule has 88 valence electrons. The van der Waals surface area contributed by atoms with Crippen LogP contribution in [0.3, 0.4) is 0 Å². The van der Waals surface area contributed by atoms with Crippen LogP contribution in [-0.2, 0) is 11.2 Å². The zero-order chi connectivity index (χ0) is 12.1. The predicted octanol–water partition coefficient (Wildman–Crippen LogP) is 1.84. The van der Waals surface area contributed by atoms with Crippen molar-refractivity contribution in [3.63, 3.8) is 0 Å². The Hall–Kier alpha value is -1.35. The van der Waals surface area contributed by atoms with Crippen molar-refractivity contribution < 1.29 is 9.90 Å². The van der Waals surface area contributed by atoms with Crippen LogP contribution >= 0.6 is 0 Å². The van der Waals surface area contributed by atoms with Crippen molar-refractivity contribution in [1.29, 1.82) is 0 Å². The quantitative estimate of drug-likeness (QED) is 0.824. The number of rotatable bonds is 5. The van der Waals surface area contributed by atoms with E-state index in [0.717, 1.165) is 18.4 Å². The fraction of sp³-hybridized carbons (Fsp3) is 0.462. The summed E-state index contributed by atoms with van der Waals surface area (Å²) in [6.07, 6.45) is 1.59. The van der Waals surface area contributed by atoms with Crippen LogP contribution in [0.2, 0.25) is 0 Å². The van der Waals surface area contributed by atoms with Gasteiger partial charge in [-0.15, -0.1) is 0 Å². The van der Waals surface area contributed by atoms with Crippen LogP contribution in [0.5, 0.6) is 5.75 Å². The topological polar surface area (TPSA) is 40.5 Å². The van der Waals surface area contributed by atoms with Gasteiger partial charge in [-0.1, -0.05) is 12.1 Å². The van der Waals surface area contributed by atoms with Gasteiger partial charge in [0.05, 0.1) is 6.04 Å². The number of benzene rings is 1. The van der Waals surface area contributed by atoms with Crippen LogP contribution in [0.25, 0.3) is 0 Å². The van der Waals surface area contributed by atoms with Gasteiger partial charge in [0.1, 0.15) is 11.5 Å². The van der Waals surface area contributed by atoms with Gasteiger partial charge in [0.15, 0.2) is 0 Å². The van der Waals surface area contributed by atoms with Gasteiger partial charge < -0.3 is 5.11 Å². The van der Waals surface area contributed by atoms with Crippen LogP contribution in [0.1, 0.15) is 18.9 Å². The van der Waals surface area contributed by atoms with E-state index in [4.69, 9.17) is 0 Å². The minimum absolute atomic E-state index is 0.0395. The molecule has 1 aromatic rings. The molecule has 0 amide bonds. The summed E-state index contributed by atoms with van der Waals surface area (Å²) in [6, 6.07) is 7.14. The monoisotopic (exact) mass is 221 g/mol. The minimum Gasteiger partial charge on any atom is -0.508 e. The second kappa shape index (κ2) is 5.66. The number of aromatic hydroxyl groups is 1. The molecule has 1 rings (SSSR count). The largest absolute Gasteiger partial charge is 0.508 e. The van der Waals surface area contributed by atoms with Gasteiger partial charge in [-0.3, -0.25) is 9.69 Å². The summed E-state index contributed by atoms with van der Waals surface area (Å²) >= 11 is 0. The summed E-state index contributed by atoms with van der Waals surface area (Å²) in [4.78, 5) is 13.3. The lowest BCUT2D eigenvalue weighted by atomic mass is 10.0. The molecule has 3 nitrogen and oxygen atoms in total. The first-order valence-electron chi connectivity index (χ1n) is 5.45. The predicted molar refractivity (Wildman–Crippen MR) is 64.6 cm³/mol. The highest BCUT2D eigenvalue weighted by atomic mass is 16.3. The fourth-order valence-corrected chi connectivity index (χ4v) is 1.84. The molecular weight excluding hydrogens is 202 g/mol. The van der Waals surface area contributed by atoms with Crippen molar-refractivity contribution in [1.82, 2.24) is 4.90 Å². The van der Waals surface area contributed by atoms with Crippen molar-refractivity contribution in [3.8, 4) is 5.75 Å². The van der Waals surface area contributed by atoms with Crippen LogP contribution in [0.15, 0.2) is 24.3 Å². The molecule has 1 atom stereocenters. The maximum absolute atomic E-state index is 11.4. The average Bonchev–Trinajstić information content (AvgIpc) is 2.16. The molecule has 16 heavy (non-hydrogen) atoms. The molecule has 0 aromatic heterocycles. The number of phenolic OH excluding ortho intramolecular Hbond substituents is 1. The van der Waals surface area contributed by atoms with Crippen LogP contribution < -0.4 is 0 Å². The van der Waals surface area contributed by atoms with Gasteiger partial charge in [0.25, 0.3) is 0 Å². The molecule has 0 radical (unpaired) electrons. The minimum atomic E-state index is -0.0395. The van der Waals surface area contributed by atoms with Crippen LogP contribution in [-0.4, -0.2) is 35.9 Å². The first-order valence-corrected chi connectivity index (χ1v) is 5.45. The van der Waals surface area contributed by atoms with E-state index in [1.165, 1.54) is 0 Å². The van der Waals surface area contributed by atoms with Gasteiger partial charge in [-0.2, -0.15) is 0 Å². The van der Waals surface area contributed by atoms with Crippen molar-refractivity contribution >= 4 is 5.78 Å². The Morgan fingerprint density at radius 1 is 1.44 bits per heavy atom. The van der Waals surface area contributed by atoms with E-state index < -0.39 is 0 Å². The lowest BCUT2D eigenvalue weighted by molar-refractivity contribution is -0.121. The fourth-order valence-electron chi connectivity index (χ4n) is 1.84. The Kier molecular flexibility index (Phi) is 4.50. The van der Waals surface area contributed by atoms with E-state index >= 15 is 0 Å². The first kappa shape index (κ1) is 12.7. The van der Waals surface area contributed by atoms with E-state index in [1.54, 1.807) is 19.1 Å². The molecule has 0 aliphatic rings. The van der Waals surface area contributed by atoms with Crippen molar-refractivity contribution in [2.75, 3.05) is 14.1 Å². The second-order valence-corrected chi connectivity index (χ2v) is 4.30. The number of phenols is 1. The Morgan fingerprint density at radius 3 is 2.62 bits per heavy atom. The highest BCUT2D eigenvalue weighted by Gasteiger charge is 2.16. The Labute approximate surface area is 96.7 Å². The smallest absolute Gasteiger partial charge is 0.146 e. The first-order chi connectivity index (χ1) is 7.50. The maximum Gasteiger partial charge on any atom is 0.146 e. The normalized spacial score (nSPS) is 12.8. The number of ketones is 1. The Morgan fingerprint density at radius 2 is 2.12 bits per heavy atom. The molecule has 0 spiro atoms. The third kappa shape index (κ3) is 3.66. The molecule has 0 aliphatic carbocycles. The molecule has 3 heteroatoms. The van der Waals surface area contributed by atoms with E-state index in [9.17, 15) is 9.90 Å². The summed E-state index contributed by atoms with van der Waals surface area (Å²) in [6.45, 7) is 1.62. The zero-order valence-corrected chi connectivity index (χ0v) is 10.1. The molecule has 0 unspecified atom stereocenters. The van der Waals surface area contributed by atoms with Gasteiger partial charge >= 0.3 is 0 Å². The average molecular weight is 221 g/mol. The second-order valence-electron chi connectivity index (χ2n) is 4.30. The van der Waals surface area contributed by atoms with E-state index in [1.807, 2.05) is 31.1 Å². The molecule has 0 bridgehead atoms. The highest BCUT2D eigenvalue weighted by Crippen LogP contribution is 2.14. The van der Waals surface area contributed by atoms with Gasteiger partial charge in [-0.25, -0.2) is 0 Å². The Balaban J connectivity index is 2.59. The summed E-state index contributed by atoms with van der Waals surface area (Å²) in [5.74, 6) is 0.465. The number of hydrogen-bond acceptors (Lipinski definition) is 3. The summed E-state index contributed by atoms with van der Waals surface area (Å²) in [5.41, 5.74) is 1.06. The molecule has 1 N–H and O–H groups in total. The van der Waals surface area contributed by atoms with Crippen molar-refractivity contribution in [2.24, 2.45) is 0 Å². The molecule has 0 aliphatic heterocycles. The number of aryl methyl sites for hydroxylation is 1. The number of Topliss-reactive ketones (excluding diaryl/α,β-unsaturated/α-hetero) is 1. The molecule has 1 aromatic carbocycles. The summed E-state index contributed by atoms with van der Waals surface area (Å²) in [5, 5.41) is 9.32. The molecule has 0 fully saturated rings. The standard InChI is InChI=1S/C13H19NO2/c1-10(15)13(14(2)3)8-7-11-5-4-6-12(16)9-11/h4-6,9,13,16H,7-8H2,1-3H3/t13-/m0/s1. The van der Waals surface area contributed by atoms with E-state index in [-0.39, 0.29) is 17.6 Å². The lowest BCUT2D eigenvalue weighted by Gasteiger charge is -2.21. The zero-order valence-electron chi connectivity index (χ0n) is 10.1. The summed E-state index contributed by atoms with van der Waals surface area (Å²) < 4.78 is 0. The number of carbonyl (C=O) groups excluding carboxylic acids is 1. The lowest BCUT2D eigenvalue weighted by Crippen LogP contribution is -2.34. The van der Waals surface area contributed by atoms with Gasteiger partial charge in [-0.05, 0) is 51.6 Å². The number of carbonyl (C=O) groups is 1. The Bertz CT molecular complexity index is 361. The van der Waals surface area contributed by atoms with Crippen molar-refractivity contribution in [3.05, 3.63) is 29.8 Å². The molecule has 0 saturated carbocycles. The van der Waals surface area contributed by atoms with Gasteiger partial charge in [0.2, 0.25) is 0 Å². The highest BCUT2D eigenvalue weighted by molar-refractivity contribution is 5.81. The van der Waals surface area contributed by atoms with Crippen LogP contribution in [0.4, 0.5) is 0 Å². The van der Waals surface area contributed by atoms with E-state index in [2.05, 4.69) is 0 Å². The number of hydrogen-bond donors (Lipinski definition) is 1. The SMILES string of the molecule is CC(=O)[C@H](CCc1cccc(O)c1)N(C)C. The molecule has 0 saturated heterocycles. The summed E-state index contributed by atoms with van der Waals surface area (Å²) in [7, 11) is 3.82. The van der Waals surface area contributed by atoms with Gasteiger partial charge in [0, 0.05) is 0 Å². The molecule has 0 heterocycles. The maximum atomic E-state index is 11.4. The molecular formula is C13H19NO2.